The number of alkyl halides is 1. The summed E-state index contributed by atoms with van der Waals surface area (Å²) in [4.78, 5) is 19.1. The van der Waals surface area contributed by atoms with Crippen molar-refractivity contribution < 1.29 is 4.92 Å². The van der Waals surface area contributed by atoms with Crippen molar-refractivity contribution in [3.05, 3.63) is 51.4 Å². The minimum Gasteiger partial charge on any atom is -0.328 e. The Morgan fingerprint density at radius 1 is 1.42 bits per heavy atom. The summed E-state index contributed by atoms with van der Waals surface area (Å²) in [5, 5.41) is 11.1. The van der Waals surface area contributed by atoms with E-state index >= 15 is 0 Å². The fraction of sp³-hybridized carbons (Fsp3) is 0.333. The highest BCUT2D eigenvalue weighted by atomic mass is 35.5. The SMILES string of the molecule is Cc1cnc(Cn2ccnc2CCl)c(C)c1[N+](=O)[O-]. The van der Waals surface area contributed by atoms with Crippen LogP contribution in [0.2, 0.25) is 0 Å². The molecule has 2 aromatic heterocycles. The first-order valence-electron chi connectivity index (χ1n) is 5.70. The quantitative estimate of drug-likeness (QED) is 0.490. The molecule has 0 aliphatic rings. The van der Waals surface area contributed by atoms with Crippen molar-refractivity contribution in [1.29, 1.82) is 0 Å². The van der Waals surface area contributed by atoms with Crippen molar-refractivity contribution in [3.8, 4) is 0 Å². The molecule has 0 saturated heterocycles. The zero-order valence-corrected chi connectivity index (χ0v) is 11.4. The molecule has 0 radical (unpaired) electrons. The van der Waals surface area contributed by atoms with Gasteiger partial charge in [0.15, 0.2) is 0 Å². The number of aryl methyl sites for hydroxylation is 1. The van der Waals surface area contributed by atoms with Gasteiger partial charge in [-0.2, -0.15) is 0 Å². The maximum Gasteiger partial charge on any atom is 0.278 e. The Balaban J connectivity index is 2.42. The Morgan fingerprint density at radius 3 is 2.79 bits per heavy atom. The molecule has 19 heavy (non-hydrogen) atoms. The first-order valence-corrected chi connectivity index (χ1v) is 6.23. The van der Waals surface area contributed by atoms with Crippen molar-refractivity contribution in [2.24, 2.45) is 0 Å². The van der Waals surface area contributed by atoms with Gasteiger partial charge < -0.3 is 4.57 Å². The summed E-state index contributed by atoms with van der Waals surface area (Å²) >= 11 is 5.77. The largest absolute Gasteiger partial charge is 0.328 e. The summed E-state index contributed by atoms with van der Waals surface area (Å²) in [7, 11) is 0. The fourth-order valence-electron chi connectivity index (χ4n) is 1.98. The van der Waals surface area contributed by atoms with Gasteiger partial charge in [0.2, 0.25) is 0 Å². The van der Waals surface area contributed by atoms with Crippen LogP contribution in [0.1, 0.15) is 22.6 Å². The van der Waals surface area contributed by atoms with E-state index in [0.29, 0.717) is 35.1 Å². The molecule has 0 spiro atoms. The van der Waals surface area contributed by atoms with Crippen molar-refractivity contribution >= 4 is 17.3 Å². The molecule has 0 bridgehead atoms. The van der Waals surface area contributed by atoms with Gasteiger partial charge in [-0.05, 0) is 13.8 Å². The van der Waals surface area contributed by atoms with E-state index in [0.717, 1.165) is 0 Å². The summed E-state index contributed by atoms with van der Waals surface area (Å²) < 4.78 is 1.83. The average Bonchev–Trinajstić information content (AvgIpc) is 2.79. The zero-order chi connectivity index (χ0) is 14.0. The van der Waals surface area contributed by atoms with Crippen molar-refractivity contribution in [1.82, 2.24) is 14.5 Å². The number of hydrogen-bond acceptors (Lipinski definition) is 4. The van der Waals surface area contributed by atoms with Crippen LogP contribution in [0.5, 0.6) is 0 Å². The highest BCUT2D eigenvalue weighted by Gasteiger charge is 2.19. The first-order chi connectivity index (χ1) is 9.04. The Labute approximate surface area is 115 Å². The molecule has 0 aromatic carbocycles. The monoisotopic (exact) mass is 280 g/mol. The predicted octanol–water partition coefficient (Wildman–Crippen LogP) is 2.59. The molecule has 6 nitrogen and oxygen atoms in total. The molecule has 2 aromatic rings. The lowest BCUT2D eigenvalue weighted by Crippen LogP contribution is -2.08. The molecular weight excluding hydrogens is 268 g/mol. The number of aromatic nitrogens is 3. The second-order valence-corrected chi connectivity index (χ2v) is 4.49. The van der Waals surface area contributed by atoms with Crippen LogP contribution in [0.3, 0.4) is 0 Å². The zero-order valence-electron chi connectivity index (χ0n) is 10.6. The summed E-state index contributed by atoms with van der Waals surface area (Å²) in [6.07, 6.45) is 4.96. The lowest BCUT2D eigenvalue weighted by atomic mass is 10.1. The molecule has 0 aliphatic carbocycles. The highest BCUT2D eigenvalue weighted by Crippen LogP contribution is 2.24. The fourth-order valence-corrected chi connectivity index (χ4v) is 2.20. The van der Waals surface area contributed by atoms with Gasteiger partial charge in [-0.15, -0.1) is 11.6 Å². The normalized spacial score (nSPS) is 10.7. The molecule has 7 heteroatoms. The third-order valence-electron chi connectivity index (χ3n) is 3.00. The average molecular weight is 281 g/mol. The molecule has 0 amide bonds. The van der Waals surface area contributed by atoms with Gasteiger partial charge in [0, 0.05) is 24.2 Å². The predicted molar refractivity (Wildman–Crippen MR) is 71.3 cm³/mol. The van der Waals surface area contributed by atoms with Gasteiger partial charge in [-0.1, -0.05) is 0 Å². The van der Waals surface area contributed by atoms with Gasteiger partial charge in [-0.25, -0.2) is 4.98 Å². The van der Waals surface area contributed by atoms with E-state index in [1.807, 2.05) is 4.57 Å². The Morgan fingerprint density at radius 2 is 2.16 bits per heavy atom. The lowest BCUT2D eigenvalue weighted by molar-refractivity contribution is -0.386. The Bertz CT molecular complexity index is 624. The van der Waals surface area contributed by atoms with Gasteiger partial charge >= 0.3 is 0 Å². The third kappa shape index (κ3) is 2.58. The summed E-state index contributed by atoms with van der Waals surface area (Å²) in [6, 6.07) is 0. The minimum atomic E-state index is -0.369. The van der Waals surface area contributed by atoms with Crippen molar-refractivity contribution in [2.45, 2.75) is 26.3 Å². The van der Waals surface area contributed by atoms with E-state index in [1.165, 1.54) is 6.20 Å². The van der Waals surface area contributed by atoms with Gasteiger partial charge in [-0.3, -0.25) is 15.1 Å². The number of hydrogen-bond donors (Lipinski definition) is 0. The van der Waals surface area contributed by atoms with E-state index < -0.39 is 0 Å². The molecule has 0 atom stereocenters. The van der Waals surface area contributed by atoms with Gasteiger partial charge in [0.05, 0.1) is 28.6 Å². The summed E-state index contributed by atoms with van der Waals surface area (Å²) in [6.45, 7) is 3.82. The molecule has 2 rings (SSSR count). The maximum atomic E-state index is 11.1. The van der Waals surface area contributed by atoms with Crippen LogP contribution in [-0.2, 0) is 12.4 Å². The molecule has 100 valence electrons. The van der Waals surface area contributed by atoms with E-state index in [4.69, 9.17) is 11.6 Å². The van der Waals surface area contributed by atoms with Crippen LogP contribution >= 0.6 is 11.6 Å². The van der Waals surface area contributed by atoms with Crippen LogP contribution in [-0.4, -0.2) is 19.5 Å². The van der Waals surface area contributed by atoms with Crippen LogP contribution in [0.4, 0.5) is 5.69 Å². The first kappa shape index (κ1) is 13.5. The van der Waals surface area contributed by atoms with Crippen LogP contribution in [0, 0.1) is 24.0 Å². The van der Waals surface area contributed by atoms with Crippen molar-refractivity contribution in [2.75, 3.05) is 0 Å². The molecule has 0 saturated carbocycles. The molecule has 0 aliphatic heterocycles. The Hall–Kier alpha value is -1.95. The topological polar surface area (TPSA) is 73.8 Å². The summed E-state index contributed by atoms with van der Waals surface area (Å²) in [5.74, 6) is 1.01. The number of pyridine rings is 1. The molecule has 0 unspecified atom stereocenters. The number of rotatable bonds is 4. The summed E-state index contributed by atoms with van der Waals surface area (Å²) in [5.41, 5.74) is 1.92. The lowest BCUT2D eigenvalue weighted by Gasteiger charge is -2.09. The Kier molecular flexibility index (Phi) is 3.80. The standard InChI is InChI=1S/C12H13ClN4O2/c1-8-6-15-10(9(2)12(8)17(18)19)7-16-4-3-14-11(16)5-13/h3-4,6H,5,7H2,1-2H3. The molecule has 0 fully saturated rings. The minimum absolute atomic E-state index is 0.123. The number of imidazole rings is 1. The highest BCUT2D eigenvalue weighted by molar-refractivity contribution is 6.16. The molecule has 0 N–H and O–H groups in total. The van der Waals surface area contributed by atoms with Gasteiger partial charge in [0.1, 0.15) is 5.82 Å². The third-order valence-corrected chi connectivity index (χ3v) is 3.24. The van der Waals surface area contributed by atoms with Crippen LogP contribution in [0.25, 0.3) is 0 Å². The molecular formula is C12H13ClN4O2. The van der Waals surface area contributed by atoms with E-state index in [9.17, 15) is 10.1 Å². The van der Waals surface area contributed by atoms with Gasteiger partial charge in [0.25, 0.3) is 5.69 Å². The van der Waals surface area contributed by atoms with Crippen molar-refractivity contribution in [3.63, 3.8) is 0 Å². The van der Waals surface area contributed by atoms with E-state index in [2.05, 4.69) is 9.97 Å². The number of nitrogens with zero attached hydrogens (tertiary/aromatic N) is 4. The van der Waals surface area contributed by atoms with E-state index in [-0.39, 0.29) is 10.6 Å². The second-order valence-electron chi connectivity index (χ2n) is 4.22. The number of nitro groups is 1. The second kappa shape index (κ2) is 5.36. The molecule has 2 heterocycles. The maximum absolute atomic E-state index is 11.1. The number of halogens is 1. The van der Waals surface area contributed by atoms with E-state index in [1.54, 1.807) is 26.2 Å². The van der Waals surface area contributed by atoms with Crippen LogP contribution in [0.15, 0.2) is 18.6 Å². The van der Waals surface area contributed by atoms with Crippen LogP contribution < -0.4 is 0 Å². The smallest absolute Gasteiger partial charge is 0.278 e.